The number of nitrogens with zero attached hydrogens (tertiary/aromatic N) is 3. The largest absolute Gasteiger partial charge is 0.303 e. The molecule has 1 aliphatic rings. The molecule has 1 atom stereocenters. The van der Waals surface area contributed by atoms with Crippen LogP contribution in [0.4, 0.5) is 0 Å². The van der Waals surface area contributed by atoms with Gasteiger partial charge in [-0.15, -0.1) is 0 Å². The molecule has 2 aromatic heterocycles. The zero-order valence-corrected chi connectivity index (χ0v) is 15.0. The number of aromatic nitrogens is 2. The molecule has 0 radical (unpaired) electrons. The van der Waals surface area contributed by atoms with Crippen molar-refractivity contribution in [3.8, 4) is 5.82 Å². The van der Waals surface area contributed by atoms with Crippen LogP contribution < -0.4 is 0 Å². The fourth-order valence-corrected chi connectivity index (χ4v) is 3.97. The van der Waals surface area contributed by atoms with E-state index in [1.165, 1.54) is 35.4 Å². The molecule has 3 nitrogen and oxygen atoms in total. The van der Waals surface area contributed by atoms with E-state index in [1.54, 1.807) is 0 Å². The van der Waals surface area contributed by atoms with Crippen LogP contribution in [0.2, 0.25) is 0 Å². The maximum absolute atomic E-state index is 4.77. The summed E-state index contributed by atoms with van der Waals surface area (Å²) in [5.74, 6) is 1.01. The summed E-state index contributed by atoms with van der Waals surface area (Å²) in [6, 6.07) is 19.9. The normalized spacial score (nSPS) is 17.9. The minimum Gasteiger partial charge on any atom is -0.303 e. The molecule has 3 heteroatoms. The third-order valence-corrected chi connectivity index (χ3v) is 5.25. The third kappa shape index (κ3) is 3.24. The average molecular weight is 331 g/mol. The van der Waals surface area contributed by atoms with E-state index in [0.29, 0.717) is 6.04 Å². The Morgan fingerprint density at radius 2 is 1.72 bits per heavy atom. The van der Waals surface area contributed by atoms with Gasteiger partial charge in [0.05, 0.1) is 0 Å². The van der Waals surface area contributed by atoms with Crippen molar-refractivity contribution in [3.63, 3.8) is 0 Å². The van der Waals surface area contributed by atoms with Crippen molar-refractivity contribution in [2.45, 2.75) is 39.3 Å². The molecule has 3 aromatic rings. The monoisotopic (exact) mass is 331 g/mol. The lowest BCUT2D eigenvalue weighted by atomic mass is 10.1. The predicted molar refractivity (Wildman–Crippen MR) is 102 cm³/mol. The summed E-state index contributed by atoms with van der Waals surface area (Å²) in [5.41, 5.74) is 5.17. The summed E-state index contributed by atoms with van der Waals surface area (Å²) in [5, 5.41) is 0. The Kier molecular flexibility index (Phi) is 4.41. The molecular weight excluding hydrogens is 306 g/mol. The Balaban J connectivity index is 1.55. The highest BCUT2D eigenvalue weighted by Gasteiger charge is 2.26. The van der Waals surface area contributed by atoms with Crippen LogP contribution in [0.15, 0.2) is 60.8 Å². The predicted octanol–water partition coefficient (Wildman–Crippen LogP) is 4.83. The van der Waals surface area contributed by atoms with E-state index >= 15 is 0 Å². The number of likely N-dealkylation sites (tertiary alicyclic amines) is 1. The second-order valence-corrected chi connectivity index (χ2v) is 7.02. The van der Waals surface area contributed by atoms with Gasteiger partial charge in [-0.25, -0.2) is 4.98 Å². The van der Waals surface area contributed by atoms with Crippen molar-refractivity contribution in [2.24, 2.45) is 0 Å². The van der Waals surface area contributed by atoms with Gasteiger partial charge in [-0.05, 0) is 62.6 Å². The molecule has 1 aliphatic heterocycles. The van der Waals surface area contributed by atoms with E-state index in [0.717, 1.165) is 18.9 Å². The number of hydrogen-bond acceptors (Lipinski definition) is 2. The fourth-order valence-electron chi connectivity index (χ4n) is 3.97. The van der Waals surface area contributed by atoms with E-state index in [1.807, 2.05) is 0 Å². The zero-order valence-electron chi connectivity index (χ0n) is 15.0. The summed E-state index contributed by atoms with van der Waals surface area (Å²) in [7, 11) is 0. The van der Waals surface area contributed by atoms with Crippen LogP contribution in [0.5, 0.6) is 0 Å². The van der Waals surface area contributed by atoms with Gasteiger partial charge in [0.1, 0.15) is 5.82 Å². The molecule has 0 aliphatic carbocycles. The summed E-state index contributed by atoms with van der Waals surface area (Å²) in [6.45, 7) is 6.43. The molecule has 1 aromatic carbocycles. The first-order valence-electron chi connectivity index (χ1n) is 9.11. The molecule has 3 heterocycles. The number of hydrogen-bond donors (Lipinski definition) is 0. The fraction of sp³-hybridized carbons (Fsp3) is 0.318. The van der Waals surface area contributed by atoms with Gasteiger partial charge in [-0.2, -0.15) is 0 Å². The first-order chi connectivity index (χ1) is 12.2. The second-order valence-electron chi connectivity index (χ2n) is 7.02. The Labute approximate surface area is 149 Å². The van der Waals surface area contributed by atoms with Gasteiger partial charge in [0.2, 0.25) is 0 Å². The van der Waals surface area contributed by atoms with Gasteiger partial charge >= 0.3 is 0 Å². The highest BCUT2D eigenvalue weighted by molar-refractivity contribution is 5.33. The first-order valence-corrected chi connectivity index (χ1v) is 9.11. The smallest absolute Gasteiger partial charge is 0.136 e. The minimum absolute atomic E-state index is 0.480. The average Bonchev–Trinajstić information content (AvgIpc) is 3.23. The maximum atomic E-state index is 4.77. The quantitative estimate of drug-likeness (QED) is 0.683. The van der Waals surface area contributed by atoms with Crippen LogP contribution in [0.3, 0.4) is 0 Å². The van der Waals surface area contributed by atoms with E-state index in [-0.39, 0.29) is 0 Å². The third-order valence-electron chi connectivity index (χ3n) is 5.25. The van der Waals surface area contributed by atoms with Crippen molar-refractivity contribution in [1.82, 2.24) is 14.5 Å². The number of benzene rings is 1. The van der Waals surface area contributed by atoms with Gasteiger partial charge in [-0.3, -0.25) is 4.90 Å². The number of rotatable bonds is 4. The van der Waals surface area contributed by atoms with E-state index in [2.05, 4.69) is 84.1 Å². The van der Waals surface area contributed by atoms with Gasteiger partial charge in [0.25, 0.3) is 0 Å². The summed E-state index contributed by atoms with van der Waals surface area (Å²) in [4.78, 5) is 7.35. The Bertz CT molecular complexity index is 814. The van der Waals surface area contributed by atoms with Crippen molar-refractivity contribution >= 4 is 0 Å². The molecule has 0 N–H and O–H groups in total. The maximum Gasteiger partial charge on any atom is 0.136 e. The van der Waals surface area contributed by atoms with Crippen LogP contribution in [-0.2, 0) is 6.54 Å². The van der Waals surface area contributed by atoms with Crippen molar-refractivity contribution < 1.29 is 0 Å². The summed E-state index contributed by atoms with van der Waals surface area (Å²) in [6.07, 6.45) is 4.55. The molecule has 25 heavy (non-hydrogen) atoms. The number of aryl methyl sites for hydroxylation is 2. The van der Waals surface area contributed by atoms with Gasteiger partial charge in [-0.1, -0.05) is 36.4 Å². The molecule has 0 spiro atoms. The van der Waals surface area contributed by atoms with Crippen molar-refractivity contribution in [3.05, 3.63) is 83.3 Å². The van der Waals surface area contributed by atoms with Gasteiger partial charge < -0.3 is 4.57 Å². The molecule has 4 rings (SSSR count). The van der Waals surface area contributed by atoms with Crippen LogP contribution in [-0.4, -0.2) is 21.0 Å². The van der Waals surface area contributed by atoms with E-state index in [4.69, 9.17) is 4.98 Å². The standard InChI is InChI=1S/C22H25N3/c1-17-10-11-18(2)25(17)22-13-12-20(15-23-22)21-9-6-14-24(21)16-19-7-4-3-5-8-19/h3-5,7-8,10-13,15,21H,6,9,14,16H2,1-2H3/t21-/m1/s1. The first kappa shape index (κ1) is 16.1. The lowest BCUT2D eigenvalue weighted by molar-refractivity contribution is 0.248. The molecule has 0 saturated carbocycles. The minimum atomic E-state index is 0.480. The topological polar surface area (TPSA) is 21.1 Å². The SMILES string of the molecule is Cc1ccc(C)n1-c1ccc([C@H]2CCCN2Cc2ccccc2)cn1. The molecular formula is C22H25N3. The molecule has 0 bridgehead atoms. The van der Waals surface area contributed by atoms with E-state index in [9.17, 15) is 0 Å². The van der Waals surface area contributed by atoms with Gasteiger partial charge in [0, 0.05) is 30.2 Å². The highest BCUT2D eigenvalue weighted by Crippen LogP contribution is 2.33. The Morgan fingerprint density at radius 3 is 2.40 bits per heavy atom. The van der Waals surface area contributed by atoms with Crippen molar-refractivity contribution in [2.75, 3.05) is 6.54 Å². The molecule has 1 fully saturated rings. The van der Waals surface area contributed by atoms with Crippen LogP contribution >= 0.6 is 0 Å². The molecule has 0 amide bonds. The highest BCUT2D eigenvalue weighted by atomic mass is 15.2. The lowest BCUT2D eigenvalue weighted by Crippen LogP contribution is -2.22. The molecule has 1 saturated heterocycles. The summed E-state index contributed by atoms with van der Waals surface area (Å²) < 4.78 is 2.21. The Hall–Kier alpha value is -2.39. The molecule has 128 valence electrons. The van der Waals surface area contributed by atoms with Crippen molar-refractivity contribution in [1.29, 1.82) is 0 Å². The zero-order chi connectivity index (χ0) is 17.2. The van der Waals surface area contributed by atoms with Gasteiger partial charge in [0.15, 0.2) is 0 Å². The summed E-state index contributed by atoms with van der Waals surface area (Å²) >= 11 is 0. The van der Waals surface area contributed by atoms with E-state index < -0.39 is 0 Å². The lowest BCUT2D eigenvalue weighted by Gasteiger charge is -2.25. The van der Waals surface area contributed by atoms with Crippen LogP contribution in [0.25, 0.3) is 5.82 Å². The van der Waals surface area contributed by atoms with Crippen LogP contribution in [0, 0.1) is 13.8 Å². The molecule has 0 unspecified atom stereocenters. The van der Waals surface area contributed by atoms with Crippen LogP contribution in [0.1, 0.15) is 41.4 Å². The Morgan fingerprint density at radius 1 is 0.960 bits per heavy atom. The second kappa shape index (κ2) is 6.85. The number of pyridine rings is 1.